The van der Waals surface area contributed by atoms with Crippen LogP contribution < -0.4 is 18.4 Å². The van der Waals surface area contributed by atoms with Crippen LogP contribution in [0.25, 0.3) is 0 Å². The molecule has 3 aromatic carbocycles. The fraction of sp³-hybridized carbons (Fsp3) is 0.321. The van der Waals surface area contributed by atoms with E-state index in [1.807, 2.05) is 13.8 Å². The van der Waals surface area contributed by atoms with Gasteiger partial charge in [0.05, 0.1) is 26.9 Å². The topological polar surface area (TPSA) is 91.4 Å². The lowest BCUT2D eigenvalue weighted by Gasteiger charge is -2.30. The van der Waals surface area contributed by atoms with Gasteiger partial charge >= 0.3 is 16.3 Å². The zero-order valence-corrected chi connectivity index (χ0v) is 23.4. The minimum atomic E-state index is -4.74. The quantitative estimate of drug-likeness (QED) is 0.259. The van der Waals surface area contributed by atoms with E-state index in [1.54, 1.807) is 29.2 Å². The highest BCUT2D eigenvalue weighted by atomic mass is 32.2. The van der Waals surface area contributed by atoms with Crippen LogP contribution in [0.2, 0.25) is 0 Å². The first-order valence-corrected chi connectivity index (χ1v) is 13.6. The number of amides is 1. The first-order valence-electron chi connectivity index (χ1n) is 12.2. The van der Waals surface area contributed by atoms with Crippen molar-refractivity contribution in [3.8, 4) is 23.0 Å². The molecule has 12 heteroatoms. The number of hydrogen-bond acceptors (Lipinski definition) is 7. The number of nitrogens with zero attached hydrogens (tertiary/aromatic N) is 1. The standard InChI is InChI=1S/C28H30F3NO7S/c1-6-18(2)32(27(33)26-23(37-4)11-8-12-24(26)38-5)17-19-13-14-22(36-3)25(15-19)39-40(34,35)21-10-7-9-20(16-21)28(29,30)31/h7-16,18H,6,17H2,1-5H3. The molecule has 3 aromatic rings. The van der Waals surface area contributed by atoms with Crippen molar-refractivity contribution in [1.29, 1.82) is 0 Å². The summed E-state index contributed by atoms with van der Waals surface area (Å²) in [5.74, 6) is 0.0571. The van der Waals surface area contributed by atoms with Crippen molar-refractivity contribution >= 4 is 16.0 Å². The van der Waals surface area contributed by atoms with E-state index in [9.17, 15) is 26.4 Å². The molecule has 0 aliphatic carbocycles. The summed E-state index contributed by atoms with van der Waals surface area (Å²) < 4.78 is 86.6. The van der Waals surface area contributed by atoms with E-state index in [-0.39, 0.29) is 35.6 Å². The molecule has 0 saturated carbocycles. The van der Waals surface area contributed by atoms with Crippen LogP contribution in [-0.2, 0) is 22.8 Å². The average molecular weight is 582 g/mol. The van der Waals surface area contributed by atoms with E-state index in [0.29, 0.717) is 29.5 Å². The maximum Gasteiger partial charge on any atom is 0.416 e. The molecule has 40 heavy (non-hydrogen) atoms. The van der Waals surface area contributed by atoms with Crippen molar-refractivity contribution in [3.05, 3.63) is 77.4 Å². The van der Waals surface area contributed by atoms with Gasteiger partial charge in [-0.05, 0) is 61.4 Å². The summed E-state index contributed by atoms with van der Waals surface area (Å²) in [5.41, 5.74) is -0.421. The van der Waals surface area contributed by atoms with Gasteiger partial charge in [-0.25, -0.2) is 0 Å². The Labute approximate surface area is 231 Å². The highest BCUT2D eigenvalue weighted by molar-refractivity contribution is 7.87. The monoisotopic (exact) mass is 581 g/mol. The summed E-state index contributed by atoms with van der Waals surface area (Å²) in [5, 5.41) is 0. The summed E-state index contributed by atoms with van der Waals surface area (Å²) in [6, 6.07) is 12.4. The Balaban J connectivity index is 2.00. The summed E-state index contributed by atoms with van der Waals surface area (Å²) in [6.45, 7) is 3.81. The van der Waals surface area contributed by atoms with Gasteiger partial charge < -0.3 is 23.3 Å². The number of benzene rings is 3. The highest BCUT2D eigenvalue weighted by Gasteiger charge is 2.32. The molecule has 0 heterocycles. The molecule has 0 N–H and O–H groups in total. The Bertz CT molecular complexity index is 1440. The first kappa shape index (κ1) is 30.6. The molecule has 0 aliphatic rings. The van der Waals surface area contributed by atoms with Crippen molar-refractivity contribution in [2.45, 2.75) is 43.9 Å². The maximum absolute atomic E-state index is 13.8. The lowest BCUT2D eigenvalue weighted by Crippen LogP contribution is -2.38. The van der Waals surface area contributed by atoms with Crippen LogP contribution in [0.1, 0.15) is 41.8 Å². The van der Waals surface area contributed by atoms with Gasteiger partial charge in [-0.1, -0.05) is 25.1 Å². The predicted molar refractivity (Wildman–Crippen MR) is 141 cm³/mol. The molecule has 3 rings (SSSR count). The van der Waals surface area contributed by atoms with Gasteiger partial charge in [-0.2, -0.15) is 21.6 Å². The second-order valence-corrected chi connectivity index (χ2v) is 10.3. The van der Waals surface area contributed by atoms with E-state index >= 15 is 0 Å². The highest BCUT2D eigenvalue weighted by Crippen LogP contribution is 2.35. The lowest BCUT2D eigenvalue weighted by molar-refractivity contribution is -0.137. The van der Waals surface area contributed by atoms with Crippen LogP contribution in [0, 0.1) is 0 Å². The van der Waals surface area contributed by atoms with Gasteiger partial charge in [0.25, 0.3) is 5.91 Å². The molecule has 0 aliphatic heterocycles. The van der Waals surface area contributed by atoms with E-state index in [4.69, 9.17) is 18.4 Å². The Morgan fingerprint density at radius 1 is 0.875 bits per heavy atom. The third-order valence-electron chi connectivity index (χ3n) is 6.26. The van der Waals surface area contributed by atoms with Crippen LogP contribution >= 0.6 is 0 Å². The minimum Gasteiger partial charge on any atom is -0.496 e. The average Bonchev–Trinajstić information content (AvgIpc) is 2.94. The van der Waals surface area contributed by atoms with Crippen molar-refractivity contribution in [1.82, 2.24) is 4.90 Å². The summed E-state index contributed by atoms with van der Waals surface area (Å²) in [4.78, 5) is 14.7. The van der Waals surface area contributed by atoms with Crippen molar-refractivity contribution in [2.75, 3.05) is 21.3 Å². The molecule has 1 amide bonds. The van der Waals surface area contributed by atoms with Gasteiger partial charge in [0.2, 0.25) is 0 Å². The van der Waals surface area contributed by atoms with E-state index < -0.39 is 26.8 Å². The maximum atomic E-state index is 13.8. The number of carbonyl (C=O) groups is 1. The Hall–Kier alpha value is -3.93. The molecular formula is C28H30F3NO7S. The first-order chi connectivity index (χ1) is 18.9. The van der Waals surface area contributed by atoms with E-state index in [2.05, 4.69) is 0 Å². The fourth-order valence-electron chi connectivity index (χ4n) is 3.93. The predicted octanol–water partition coefficient (Wildman–Crippen LogP) is 5.94. The van der Waals surface area contributed by atoms with Crippen LogP contribution in [0.4, 0.5) is 13.2 Å². The summed E-state index contributed by atoms with van der Waals surface area (Å²) >= 11 is 0. The molecule has 0 bridgehead atoms. The molecule has 1 atom stereocenters. The second kappa shape index (κ2) is 12.5. The molecule has 216 valence electrons. The SMILES string of the molecule is CCC(C)N(Cc1ccc(OC)c(OS(=O)(=O)c2cccc(C(F)(F)F)c2)c1)C(=O)c1c(OC)cccc1OC. The third-order valence-corrected chi connectivity index (χ3v) is 7.49. The second-order valence-electron chi connectivity index (χ2n) is 8.78. The number of methoxy groups -OCH3 is 3. The minimum absolute atomic E-state index is 0.0344. The Kier molecular flexibility index (Phi) is 9.56. The third kappa shape index (κ3) is 6.79. The van der Waals surface area contributed by atoms with Crippen molar-refractivity contribution < 1.29 is 44.8 Å². The fourth-order valence-corrected chi connectivity index (χ4v) is 4.91. The zero-order valence-electron chi connectivity index (χ0n) is 22.6. The molecule has 0 spiro atoms. The van der Waals surface area contributed by atoms with Crippen LogP contribution in [0.3, 0.4) is 0 Å². The molecule has 0 saturated heterocycles. The van der Waals surface area contributed by atoms with E-state index in [1.165, 1.54) is 33.5 Å². The van der Waals surface area contributed by atoms with Gasteiger partial charge in [0.1, 0.15) is 22.0 Å². The molecule has 0 aromatic heterocycles. The normalized spacial score (nSPS) is 12.4. The molecular weight excluding hydrogens is 551 g/mol. The van der Waals surface area contributed by atoms with Crippen molar-refractivity contribution in [2.24, 2.45) is 0 Å². The largest absolute Gasteiger partial charge is 0.496 e. The molecule has 8 nitrogen and oxygen atoms in total. The number of carbonyl (C=O) groups excluding carboxylic acids is 1. The number of rotatable bonds is 11. The van der Waals surface area contributed by atoms with Crippen molar-refractivity contribution in [3.63, 3.8) is 0 Å². The summed E-state index contributed by atoms with van der Waals surface area (Å²) in [6.07, 6.45) is -4.13. The van der Waals surface area contributed by atoms with Gasteiger partial charge in [-0.15, -0.1) is 0 Å². The Morgan fingerprint density at radius 3 is 2.02 bits per heavy atom. The number of ether oxygens (including phenoxy) is 3. The van der Waals surface area contributed by atoms with Gasteiger partial charge in [0.15, 0.2) is 11.5 Å². The van der Waals surface area contributed by atoms with Crippen LogP contribution in [-0.4, -0.2) is 46.6 Å². The van der Waals surface area contributed by atoms with E-state index in [0.717, 1.165) is 18.2 Å². The van der Waals surface area contributed by atoms with Gasteiger partial charge in [0, 0.05) is 12.6 Å². The molecule has 0 fully saturated rings. The number of alkyl halides is 3. The molecule has 0 radical (unpaired) electrons. The lowest BCUT2D eigenvalue weighted by atomic mass is 10.1. The smallest absolute Gasteiger partial charge is 0.416 e. The van der Waals surface area contributed by atoms with Crippen LogP contribution in [0.5, 0.6) is 23.0 Å². The van der Waals surface area contributed by atoms with Gasteiger partial charge in [-0.3, -0.25) is 4.79 Å². The number of hydrogen-bond donors (Lipinski definition) is 0. The Morgan fingerprint density at radius 2 is 1.48 bits per heavy atom. The molecule has 1 unspecified atom stereocenters. The number of halogens is 3. The zero-order chi connectivity index (χ0) is 29.7. The summed E-state index contributed by atoms with van der Waals surface area (Å²) in [7, 11) is -0.489. The van der Waals surface area contributed by atoms with Crippen LogP contribution in [0.15, 0.2) is 65.6 Å².